The topological polar surface area (TPSA) is 109 Å². The summed E-state index contributed by atoms with van der Waals surface area (Å²) in [7, 11) is 0. The van der Waals surface area contributed by atoms with Crippen molar-refractivity contribution < 1.29 is 24.2 Å². The maximum absolute atomic E-state index is 13.0. The van der Waals surface area contributed by atoms with Gasteiger partial charge >= 0.3 is 12.1 Å². The second kappa shape index (κ2) is 8.97. The highest BCUT2D eigenvalue weighted by Crippen LogP contribution is 2.44. The van der Waals surface area contributed by atoms with Gasteiger partial charge in [0.15, 0.2) is 5.69 Å². The van der Waals surface area contributed by atoms with E-state index in [-0.39, 0.29) is 29.9 Å². The van der Waals surface area contributed by atoms with Crippen LogP contribution in [-0.2, 0) is 9.53 Å². The Morgan fingerprint density at radius 2 is 1.62 bits per heavy atom. The van der Waals surface area contributed by atoms with Gasteiger partial charge in [-0.15, -0.1) is 0 Å². The van der Waals surface area contributed by atoms with Crippen molar-refractivity contribution in [3.8, 4) is 11.1 Å². The van der Waals surface area contributed by atoms with Crippen LogP contribution in [-0.4, -0.2) is 52.2 Å². The Labute approximate surface area is 196 Å². The third-order valence-electron chi connectivity index (χ3n) is 6.14. The number of hydrogen-bond acceptors (Lipinski definition) is 5. The van der Waals surface area contributed by atoms with Gasteiger partial charge in [0, 0.05) is 18.2 Å². The van der Waals surface area contributed by atoms with Crippen LogP contribution in [0.15, 0.2) is 66.9 Å². The third-order valence-corrected chi connectivity index (χ3v) is 6.14. The molecule has 2 aromatic carbocycles. The highest BCUT2D eigenvalue weighted by molar-refractivity contribution is 6.02. The number of amides is 2. The molecule has 5 rings (SSSR count). The number of pyridine rings is 1. The molecule has 8 heteroatoms. The second-order valence-corrected chi connectivity index (χ2v) is 8.41. The highest BCUT2D eigenvalue weighted by Gasteiger charge is 2.36. The summed E-state index contributed by atoms with van der Waals surface area (Å²) >= 11 is 0. The number of carbonyl (C=O) groups is 3. The van der Waals surface area contributed by atoms with Crippen molar-refractivity contribution in [2.24, 2.45) is 0 Å². The number of aromatic nitrogens is 1. The summed E-state index contributed by atoms with van der Waals surface area (Å²) in [5.74, 6) is -1.71. The number of carbonyl (C=O) groups excluding carboxylic acids is 2. The molecule has 0 aliphatic heterocycles. The van der Waals surface area contributed by atoms with Crippen molar-refractivity contribution >= 4 is 23.7 Å². The lowest BCUT2D eigenvalue weighted by Crippen LogP contribution is -2.38. The first kappa shape index (κ1) is 21.6. The fraction of sp³-hybridized carbons (Fsp3) is 0.231. The Bertz CT molecular complexity index is 1230. The molecule has 1 fully saturated rings. The Balaban J connectivity index is 1.30. The molecule has 2 aliphatic rings. The Morgan fingerprint density at radius 3 is 2.24 bits per heavy atom. The first-order chi connectivity index (χ1) is 16.5. The van der Waals surface area contributed by atoms with E-state index >= 15 is 0 Å². The van der Waals surface area contributed by atoms with Gasteiger partial charge < -0.3 is 14.7 Å². The minimum atomic E-state index is -1.10. The van der Waals surface area contributed by atoms with Crippen molar-refractivity contribution in [1.29, 1.82) is 0 Å². The maximum Gasteiger partial charge on any atom is 0.411 e. The van der Waals surface area contributed by atoms with Crippen LogP contribution in [0.3, 0.4) is 0 Å². The van der Waals surface area contributed by atoms with Crippen LogP contribution in [0.25, 0.3) is 11.1 Å². The third kappa shape index (κ3) is 4.22. The number of nitrogens with zero attached hydrogens (tertiary/aromatic N) is 2. The maximum atomic E-state index is 13.0. The number of fused-ring (bicyclic) bond motifs is 3. The molecule has 2 amide bonds. The van der Waals surface area contributed by atoms with Crippen molar-refractivity contribution in [2.75, 3.05) is 18.5 Å². The van der Waals surface area contributed by atoms with Crippen LogP contribution in [0.4, 0.5) is 10.5 Å². The van der Waals surface area contributed by atoms with Crippen molar-refractivity contribution in [3.05, 3.63) is 83.7 Å². The van der Waals surface area contributed by atoms with E-state index in [9.17, 15) is 19.5 Å². The quantitative estimate of drug-likeness (QED) is 0.552. The molecule has 0 atom stereocenters. The van der Waals surface area contributed by atoms with E-state index < -0.39 is 24.5 Å². The SMILES string of the molecule is O=C(O)CN(C(=O)c1ncccc1NC(=O)OCC1c2ccccc2-c2ccccc21)C1CC1. The summed E-state index contributed by atoms with van der Waals surface area (Å²) in [4.78, 5) is 42.3. The molecule has 0 bridgehead atoms. The number of hydrogen-bond donors (Lipinski definition) is 2. The molecule has 0 spiro atoms. The molecule has 2 aliphatic carbocycles. The molecule has 0 saturated heterocycles. The molecule has 1 heterocycles. The van der Waals surface area contributed by atoms with Crippen LogP contribution in [0.2, 0.25) is 0 Å². The summed E-state index contributed by atoms with van der Waals surface area (Å²) < 4.78 is 5.57. The molecular weight excluding hydrogens is 434 g/mol. The van der Waals surface area contributed by atoms with Crippen LogP contribution in [0.5, 0.6) is 0 Å². The molecule has 172 valence electrons. The van der Waals surface area contributed by atoms with Crippen molar-refractivity contribution in [1.82, 2.24) is 9.88 Å². The zero-order chi connectivity index (χ0) is 23.7. The van der Waals surface area contributed by atoms with Gasteiger partial charge in [0.05, 0.1) is 5.69 Å². The largest absolute Gasteiger partial charge is 0.480 e. The van der Waals surface area contributed by atoms with Gasteiger partial charge in [0.2, 0.25) is 0 Å². The van der Waals surface area contributed by atoms with E-state index in [1.54, 1.807) is 12.1 Å². The molecule has 0 radical (unpaired) electrons. The van der Waals surface area contributed by atoms with Gasteiger partial charge in [-0.2, -0.15) is 0 Å². The fourth-order valence-corrected chi connectivity index (χ4v) is 4.46. The number of benzene rings is 2. The van der Waals surface area contributed by atoms with Crippen molar-refractivity contribution in [3.63, 3.8) is 0 Å². The summed E-state index contributed by atoms with van der Waals surface area (Å²) in [6.07, 6.45) is 2.23. The van der Waals surface area contributed by atoms with E-state index in [0.717, 1.165) is 35.1 Å². The van der Waals surface area contributed by atoms with E-state index in [1.807, 2.05) is 36.4 Å². The zero-order valence-electron chi connectivity index (χ0n) is 18.3. The number of anilines is 1. The van der Waals surface area contributed by atoms with Crippen LogP contribution >= 0.6 is 0 Å². The lowest BCUT2D eigenvalue weighted by atomic mass is 9.98. The first-order valence-electron chi connectivity index (χ1n) is 11.1. The average Bonchev–Trinajstić information content (AvgIpc) is 3.64. The highest BCUT2D eigenvalue weighted by atomic mass is 16.5. The van der Waals surface area contributed by atoms with E-state index in [0.29, 0.717) is 0 Å². The molecule has 34 heavy (non-hydrogen) atoms. The average molecular weight is 457 g/mol. The number of carboxylic acid groups (broad SMARTS) is 1. The minimum Gasteiger partial charge on any atom is -0.480 e. The summed E-state index contributed by atoms with van der Waals surface area (Å²) in [6, 6.07) is 19.1. The molecule has 1 aromatic heterocycles. The Kier molecular flexibility index (Phi) is 5.71. The van der Waals surface area contributed by atoms with Gasteiger partial charge in [-0.1, -0.05) is 48.5 Å². The number of rotatable bonds is 7. The minimum absolute atomic E-state index is 0.0100. The predicted octanol–water partition coefficient (Wildman–Crippen LogP) is 4.13. The second-order valence-electron chi connectivity index (χ2n) is 8.41. The number of ether oxygens (including phenoxy) is 1. The van der Waals surface area contributed by atoms with E-state index in [1.165, 1.54) is 11.1 Å². The smallest absolute Gasteiger partial charge is 0.411 e. The normalized spacial score (nSPS) is 14.1. The summed E-state index contributed by atoms with van der Waals surface area (Å²) in [5.41, 5.74) is 4.63. The lowest BCUT2D eigenvalue weighted by Gasteiger charge is -2.21. The predicted molar refractivity (Wildman–Crippen MR) is 125 cm³/mol. The first-order valence-corrected chi connectivity index (χ1v) is 11.1. The molecule has 1 saturated carbocycles. The van der Waals surface area contributed by atoms with E-state index in [4.69, 9.17) is 4.74 Å². The van der Waals surface area contributed by atoms with Crippen LogP contribution in [0.1, 0.15) is 40.4 Å². The molecule has 2 N–H and O–H groups in total. The van der Waals surface area contributed by atoms with Gasteiger partial charge in [0.25, 0.3) is 5.91 Å². The van der Waals surface area contributed by atoms with Gasteiger partial charge in [-0.3, -0.25) is 14.9 Å². The van der Waals surface area contributed by atoms with E-state index in [2.05, 4.69) is 22.4 Å². The van der Waals surface area contributed by atoms with Crippen LogP contribution in [0, 0.1) is 0 Å². The molecular formula is C26H23N3O5. The monoisotopic (exact) mass is 457 g/mol. The molecule has 8 nitrogen and oxygen atoms in total. The van der Waals surface area contributed by atoms with Gasteiger partial charge in [0.1, 0.15) is 13.2 Å². The zero-order valence-corrected chi connectivity index (χ0v) is 18.3. The number of nitrogens with one attached hydrogen (secondary N) is 1. The molecule has 0 unspecified atom stereocenters. The fourth-order valence-electron chi connectivity index (χ4n) is 4.46. The number of aliphatic carboxylic acids is 1. The Hall–Kier alpha value is -4.20. The van der Waals surface area contributed by atoms with Gasteiger partial charge in [-0.25, -0.2) is 9.78 Å². The van der Waals surface area contributed by atoms with Crippen molar-refractivity contribution in [2.45, 2.75) is 24.8 Å². The standard InChI is InChI=1S/C26H23N3O5/c30-23(31)14-29(16-11-12-16)25(32)24-22(10-5-13-27-24)28-26(33)34-15-21-19-8-3-1-6-17(19)18-7-2-4-9-20(18)21/h1-10,13,16,21H,11-12,14-15H2,(H,28,33)(H,30,31). The summed E-state index contributed by atoms with van der Waals surface area (Å²) in [6.45, 7) is -0.277. The van der Waals surface area contributed by atoms with Crippen LogP contribution < -0.4 is 5.32 Å². The lowest BCUT2D eigenvalue weighted by molar-refractivity contribution is -0.137. The summed E-state index contributed by atoms with van der Waals surface area (Å²) in [5, 5.41) is 11.8. The molecule has 3 aromatic rings. The number of carboxylic acids is 1. The van der Waals surface area contributed by atoms with Gasteiger partial charge in [-0.05, 0) is 47.2 Å². The Morgan fingerprint density at radius 1 is 0.971 bits per heavy atom.